The Hall–Kier alpha value is -1.79. The molecule has 1 atom stereocenters. The third-order valence-electron chi connectivity index (χ3n) is 2.90. The fourth-order valence-electron chi connectivity index (χ4n) is 1.98. The van der Waals surface area contributed by atoms with Crippen LogP contribution in [-0.2, 0) is 19.1 Å². The summed E-state index contributed by atoms with van der Waals surface area (Å²) in [6, 6.07) is -0.838. The van der Waals surface area contributed by atoms with E-state index < -0.39 is 29.1 Å². The van der Waals surface area contributed by atoms with Gasteiger partial charge in [0.2, 0.25) is 5.91 Å². The van der Waals surface area contributed by atoms with Gasteiger partial charge in [-0.2, -0.15) is 0 Å². The van der Waals surface area contributed by atoms with Crippen LogP contribution in [0.15, 0.2) is 0 Å². The summed E-state index contributed by atoms with van der Waals surface area (Å²) in [7, 11) is 1.24. The van der Waals surface area contributed by atoms with Crippen LogP contribution in [0.4, 0.5) is 4.79 Å². The molecular weight excluding hydrogens is 264 g/mol. The molecule has 1 N–H and O–H groups in total. The van der Waals surface area contributed by atoms with E-state index in [0.717, 1.165) is 5.01 Å². The molecule has 7 nitrogen and oxygen atoms in total. The standard InChI is InChI=1S/C13H22N2O5/c1-12(2,3)20-11(18)14-15-8(9(16)19-6)7-13(4,5)10(15)17/h8H,7H2,1-6H3,(H,14,18)/t8-/m0/s1. The maximum absolute atomic E-state index is 12.2. The number of hydrazine groups is 1. The van der Waals surface area contributed by atoms with E-state index >= 15 is 0 Å². The van der Waals surface area contributed by atoms with E-state index in [-0.39, 0.29) is 12.3 Å². The van der Waals surface area contributed by atoms with Crippen molar-refractivity contribution >= 4 is 18.0 Å². The average molecular weight is 286 g/mol. The number of methoxy groups -OCH3 is 1. The van der Waals surface area contributed by atoms with Crippen LogP contribution >= 0.6 is 0 Å². The first-order valence-corrected chi connectivity index (χ1v) is 6.39. The van der Waals surface area contributed by atoms with Crippen LogP contribution in [-0.4, -0.2) is 41.7 Å². The molecule has 0 unspecified atom stereocenters. The van der Waals surface area contributed by atoms with Gasteiger partial charge in [-0.3, -0.25) is 4.79 Å². The lowest BCUT2D eigenvalue weighted by Gasteiger charge is -2.26. The fourth-order valence-corrected chi connectivity index (χ4v) is 1.98. The smallest absolute Gasteiger partial charge is 0.426 e. The summed E-state index contributed by atoms with van der Waals surface area (Å²) in [4.78, 5) is 35.7. The largest absolute Gasteiger partial charge is 0.467 e. The van der Waals surface area contributed by atoms with Gasteiger partial charge < -0.3 is 9.47 Å². The molecule has 0 spiro atoms. The van der Waals surface area contributed by atoms with Crippen molar-refractivity contribution in [3.8, 4) is 0 Å². The molecule has 0 radical (unpaired) electrons. The second kappa shape index (κ2) is 5.30. The summed E-state index contributed by atoms with van der Waals surface area (Å²) in [6.07, 6.45) is -0.508. The molecule has 0 bridgehead atoms. The Balaban J connectivity index is 2.86. The minimum Gasteiger partial charge on any atom is -0.467 e. The molecule has 2 amide bonds. The highest BCUT2D eigenvalue weighted by Crippen LogP contribution is 2.34. The molecule has 1 rings (SSSR count). The summed E-state index contributed by atoms with van der Waals surface area (Å²) >= 11 is 0. The lowest BCUT2D eigenvalue weighted by Crippen LogP contribution is -2.52. The van der Waals surface area contributed by atoms with Crippen molar-refractivity contribution in [2.24, 2.45) is 5.41 Å². The number of amides is 2. The first-order valence-electron chi connectivity index (χ1n) is 6.39. The number of carbonyl (C=O) groups excluding carboxylic acids is 3. The first-order chi connectivity index (χ1) is 8.98. The van der Waals surface area contributed by atoms with E-state index in [1.807, 2.05) is 0 Å². The molecular formula is C13H22N2O5. The third-order valence-corrected chi connectivity index (χ3v) is 2.90. The zero-order valence-corrected chi connectivity index (χ0v) is 12.8. The number of nitrogens with zero attached hydrogens (tertiary/aromatic N) is 1. The van der Waals surface area contributed by atoms with Gasteiger partial charge in [0.05, 0.1) is 7.11 Å². The molecule has 0 saturated carbocycles. The molecule has 0 aromatic carbocycles. The van der Waals surface area contributed by atoms with E-state index in [0.29, 0.717) is 0 Å². The average Bonchev–Trinajstić information content (AvgIpc) is 2.49. The zero-order chi connectivity index (χ0) is 15.7. The first kappa shape index (κ1) is 16.3. The number of carbonyl (C=O) groups is 3. The molecule has 1 aliphatic rings. The molecule has 20 heavy (non-hydrogen) atoms. The van der Waals surface area contributed by atoms with E-state index in [9.17, 15) is 14.4 Å². The highest BCUT2D eigenvalue weighted by atomic mass is 16.6. The molecule has 1 fully saturated rings. The molecule has 0 aromatic heterocycles. The molecule has 1 saturated heterocycles. The van der Waals surface area contributed by atoms with Crippen molar-refractivity contribution < 1.29 is 23.9 Å². The van der Waals surface area contributed by atoms with E-state index in [2.05, 4.69) is 10.2 Å². The Labute approximate surface area is 118 Å². The van der Waals surface area contributed by atoms with Crippen molar-refractivity contribution in [3.05, 3.63) is 0 Å². The molecule has 1 heterocycles. The van der Waals surface area contributed by atoms with E-state index in [4.69, 9.17) is 4.74 Å². The van der Waals surface area contributed by atoms with Crippen molar-refractivity contribution in [1.82, 2.24) is 10.4 Å². The Morgan fingerprint density at radius 2 is 1.90 bits per heavy atom. The maximum Gasteiger partial charge on any atom is 0.426 e. The summed E-state index contributed by atoms with van der Waals surface area (Å²) in [5.74, 6) is -0.918. The zero-order valence-electron chi connectivity index (χ0n) is 12.8. The molecule has 1 aliphatic heterocycles. The Kier molecular flexibility index (Phi) is 4.31. The van der Waals surface area contributed by atoms with Gasteiger partial charge in [-0.1, -0.05) is 13.8 Å². The quantitative estimate of drug-likeness (QED) is 0.772. The third kappa shape index (κ3) is 3.61. The van der Waals surface area contributed by atoms with Crippen LogP contribution in [0.1, 0.15) is 41.0 Å². The Morgan fingerprint density at radius 1 is 1.35 bits per heavy atom. The number of hydrogen-bond acceptors (Lipinski definition) is 5. The Bertz CT molecular complexity index is 425. The van der Waals surface area contributed by atoms with Crippen LogP contribution in [0.3, 0.4) is 0 Å². The second-order valence-corrected chi connectivity index (χ2v) is 6.42. The minimum atomic E-state index is -0.838. The van der Waals surface area contributed by atoms with E-state index in [1.165, 1.54) is 7.11 Å². The normalized spacial score (nSPS) is 21.6. The highest BCUT2D eigenvalue weighted by Gasteiger charge is 2.50. The minimum absolute atomic E-state index is 0.272. The highest BCUT2D eigenvalue weighted by molar-refractivity contribution is 5.92. The number of hydrogen-bond donors (Lipinski definition) is 1. The van der Waals surface area contributed by atoms with E-state index in [1.54, 1.807) is 34.6 Å². The van der Waals surface area contributed by atoms with Gasteiger partial charge in [0.25, 0.3) is 0 Å². The van der Waals surface area contributed by atoms with Gasteiger partial charge in [0.1, 0.15) is 5.60 Å². The van der Waals surface area contributed by atoms with Crippen LogP contribution in [0.2, 0.25) is 0 Å². The summed E-state index contributed by atoms with van der Waals surface area (Å²) < 4.78 is 9.75. The Morgan fingerprint density at radius 3 is 2.35 bits per heavy atom. The molecule has 0 aromatic rings. The van der Waals surface area contributed by atoms with Crippen molar-refractivity contribution in [2.75, 3.05) is 7.11 Å². The van der Waals surface area contributed by atoms with Gasteiger partial charge in [-0.05, 0) is 27.2 Å². The predicted molar refractivity (Wildman–Crippen MR) is 70.4 cm³/mol. The fraction of sp³-hybridized carbons (Fsp3) is 0.769. The maximum atomic E-state index is 12.2. The van der Waals surface area contributed by atoms with Gasteiger partial charge >= 0.3 is 12.1 Å². The lowest BCUT2D eigenvalue weighted by molar-refractivity contribution is -0.151. The second-order valence-electron chi connectivity index (χ2n) is 6.42. The number of ether oxygens (including phenoxy) is 2. The molecule has 114 valence electrons. The van der Waals surface area contributed by atoms with Crippen LogP contribution in [0.5, 0.6) is 0 Å². The van der Waals surface area contributed by atoms with Crippen molar-refractivity contribution in [1.29, 1.82) is 0 Å². The van der Waals surface area contributed by atoms with Gasteiger partial charge in [-0.25, -0.2) is 20.0 Å². The van der Waals surface area contributed by atoms with Gasteiger partial charge in [0.15, 0.2) is 6.04 Å². The van der Waals surface area contributed by atoms with Gasteiger partial charge in [-0.15, -0.1) is 0 Å². The predicted octanol–water partition coefficient (Wildman–Crippen LogP) is 1.23. The van der Waals surface area contributed by atoms with Crippen LogP contribution in [0.25, 0.3) is 0 Å². The molecule has 0 aliphatic carbocycles. The monoisotopic (exact) mass is 286 g/mol. The lowest BCUT2D eigenvalue weighted by atomic mass is 9.90. The number of esters is 1. The summed E-state index contributed by atoms with van der Waals surface area (Å²) in [5, 5.41) is 1.000. The van der Waals surface area contributed by atoms with Crippen LogP contribution in [0, 0.1) is 5.41 Å². The summed E-state index contributed by atoms with van der Waals surface area (Å²) in [5.41, 5.74) is 0.894. The van der Waals surface area contributed by atoms with Crippen molar-refractivity contribution in [2.45, 2.75) is 52.7 Å². The summed E-state index contributed by atoms with van der Waals surface area (Å²) in [6.45, 7) is 8.55. The topological polar surface area (TPSA) is 84.9 Å². The van der Waals surface area contributed by atoms with Gasteiger partial charge in [0, 0.05) is 5.41 Å². The number of rotatable bonds is 2. The van der Waals surface area contributed by atoms with Crippen LogP contribution < -0.4 is 5.43 Å². The number of nitrogens with one attached hydrogen (secondary N) is 1. The van der Waals surface area contributed by atoms with Crippen molar-refractivity contribution in [3.63, 3.8) is 0 Å². The molecule has 7 heteroatoms. The SMILES string of the molecule is COC(=O)[C@@H]1CC(C)(C)C(=O)N1NC(=O)OC(C)(C)C.